The van der Waals surface area contributed by atoms with Gasteiger partial charge in [-0.3, -0.25) is 9.59 Å². The molecule has 0 aliphatic heterocycles. The van der Waals surface area contributed by atoms with E-state index in [1.54, 1.807) is 18.2 Å². The number of hydrogen-bond donors (Lipinski definition) is 1. The van der Waals surface area contributed by atoms with E-state index in [9.17, 15) is 9.59 Å². The van der Waals surface area contributed by atoms with Crippen LogP contribution >= 0.6 is 11.6 Å². The molecule has 0 spiro atoms. The maximum atomic E-state index is 12.7. The molecule has 0 radical (unpaired) electrons. The molecule has 0 unspecified atom stereocenters. The number of hydrogen-bond acceptors (Lipinski definition) is 2. The van der Waals surface area contributed by atoms with Crippen LogP contribution in [0.5, 0.6) is 0 Å². The summed E-state index contributed by atoms with van der Waals surface area (Å²) < 4.78 is 0. The summed E-state index contributed by atoms with van der Waals surface area (Å²) in [5.41, 5.74) is 4.46. The smallest absolute Gasteiger partial charge is 0.244 e. The van der Waals surface area contributed by atoms with Crippen LogP contribution in [0.1, 0.15) is 37.5 Å². The lowest BCUT2D eigenvalue weighted by atomic mass is 10.0. The number of anilines is 2. The second-order valence-corrected chi connectivity index (χ2v) is 6.60. The van der Waals surface area contributed by atoms with Gasteiger partial charge in [-0.15, -0.1) is 0 Å². The predicted molar refractivity (Wildman–Crippen MR) is 108 cm³/mol. The highest BCUT2D eigenvalue weighted by Crippen LogP contribution is 2.27. The Balaban J connectivity index is 2.27. The minimum Gasteiger partial charge on any atom is -0.324 e. The van der Waals surface area contributed by atoms with Gasteiger partial charge in [0.1, 0.15) is 6.54 Å². The van der Waals surface area contributed by atoms with E-state index in [1.807, 2.05) is 25.1 Å². The number of halogens is 1. The average Bonchev–Trinajstić information content (AvgIpc) is 2.62. The second-order valence-electron chi connectivity index (χ2n) is 6.20. The Morgan fingerprint density at radius 1 is 1.04 bits per heavy atom. The van der Waals surface area contributed by atoms with Gasteiger partial charge >= 0.3 is 0 Å². The van der Waals surface area contributed by atoms with Gasteiger partial charge in [0.2, 0.25) is 11.8 Å². The summed E-state index contributed by atoms with van der Waals surface area (Å²) in [6, 6.07) is 11.4. The molecule has 2 rings (SSSR count). The third-order valence-corrected chi connectivity index (χ3v) is 4.88. The number of nitrogens with zero attached hydrogens (tertiary/aromatic N) is 1. The second kappa shape index (κ2) is 8.86. The standard InChI is InChI=1S/C21H25ClN2O2/c1-5-16-9-7-10-17(6-2)21(16)23-20(26)13-24(15(4)25)19-12-8-11-18(22)14(19)3/h7-12H,5-6,13H2,1-4H3,(H,23,26). The van der Waals surface area contributed by atoms with Crippen LogP contribution in [0, 0.1) is 6.92 Å². The molecule has 26 heavy (non-hydrogen) atoms. The normalized spacial score (nSPS) is 10.5. The van der Waals surface area contributed by atoms with E-state index in [4.69, 9.17) is 11.6 Å². The Kier molecular flexibility index (Phi) is 6.81. The molecule has 1 N–H and O–H groups in total. The summed E-state index contributed by atoms with van der Waals surface area (Å²) in [7, 11) is 0. The number of para-hydroxylation sites is 1. The number of carbonyl (C=O) groups excluding carboxylic acids is 2. The van der Waals surface area contributed by atoms with Gasteiger partial charge in [0.25, 0.3) is 0 Å². The van der Waals surface area contributed by atoms with Crippen molar-refractivity contribution < 1.29 is 9.59 Å². The Hall–Kier alpha value is -2.33. The molecule has 0 aromatic heterocycles. The van der Waals surface area contributed by atoms with Crippen LogP contribution in [0.3, 0.4) is 0 Å². The van der Waals surface area contributed by atoms with Gasteiger partial charge < -0.3 is 10.2 Å². The highest BCUT2D eigenvalue weighted by molar-refractivity contribution is 6.31. The molecule has 5 heteroatoms. The van der Waals surface area contributed by atoms with Crippen LogP contribution in [0.4, 0.5) is 11.4 Å². The number of rotatable bonds is 6. The Morgan fingerprint density at radius 3 is 2.15 bits per heavy atom. The van der Waals surface area contributed by atoms with E-state index in [-0.39, 0.29) is 18.4 Å². The van der Waals surface area contributed by atoms with Crippen LogP contribution in [-0.4, -0.2) is 18.4 Å². The summed E-state index contributed by atoms with van der Waals surface area (Å²) in [5.74, 6) is -0.430. The Labute approximate surface area is 160 Å². The van der Waals surface area contributed by atoms with Crippen molar-refractivity contribution in [1.82, 2.24) is 0 Å². The van der Waals surface area contributed by atoms with Gasteiger partial charge in [-0.25, -0.2) is 0 Å². The zero-order valence-electron chi connectivity index (χ0n) is 15.7. The van der Waals surface area contributed by atoms with Crippen LogP contribution < -0.4 is 10.2 Å². The number of nitrogens with one attached hydrogen (secondary N) is 1. The summed E-state index contributed by atoms with van der Waals surface area (Å²) in [4.78, 5) is 26.3. The third-order valence-electron chi connectivity index (χ3n) is 4.47. The molecule has 0 aliphatic carbocycles. The van der Waals surface area contributed by atoms with Crippen molar-refractivity contribution >= 4 is 34.8 Å². The van der Waals surface area contributed by atoms with Crippen molar-refractivity contribution in [3.63, 3.8) is 0 Å². The Bertz CT molecular complexity index is 795. The number of benzene rings is 2. The van der Waals surface area contributed by atoms with E-state index in [0.717, 1.165) is 35.2 Å². The van der Waals surface area contributed by atoms with Crippen molar-refractivity contribution in [2.45, 2.75) is 40.5 Å². The maximum Gasteiger partial charge on any atom is 0.244 e. The van der Waals surface area contributed by atoms with Crippen molar-refractivity contribution in [3.8, 4) is 0 Å². The van der Waals surface area contributed by atoms with Gasteiger partial charge in [-0.2, -0.15) is 0 Å². The van der Waals surface area contributed by atoms with Crippen molar-refractivity contribution in [1.29, 1.82) is 0 Å². The molecule has 0 saturated heterocycles. The van der Waals surface area contributed by atoms with Crippen LogP contribution in [0.25, 0.3) is 0 Å². The third kappa shape index (κ3) is 4.44. The fourth-order valence-electron chi connectivity index (χ4n) is 2.98. The minimum atomic E-state index is -0.227. The molecule has 2 amide bonds. The van der Waals surface area contributed by atoms with Crippen LogP contribution in [-0.2, 0) is 22.4 Å². The van der Waals surface area contributed by atoms with E-state index >= 15 is 0 Å². The molecule has 0 aliphatic rings. The monoisotopic (exact) mass is 372 g/mol. The summed E-state index contributed by atoms with van der Waals surface area (Å²) in [6.07, 6.45) is 1.65. The largest absolute Gasteiger partial charge is 0.324 e. The van der Waals surface area contributed by atoms with Gasteiger partial charge in [0, 0.05) is 23.3 Å². The molecule has 138 valence electrons. The van der Waals surface area contributed by atoms with Gasteiger partial charge in [-0.1, -0.05) is 49.7 Å². The molecule has 2 aromatic carbocycles. The first-order valence-corrected chi connectivity index (χ1v) is 9.20. The lowest BCUT2D eigenvalue weighted by Crippen LogP contribution is -2.37. The predicted octanol–water partition coefficient (Wildman–Crippen LogP) is 4.76. The first-order chi connectivity index (χ1) is 12.4. The molecule has 0 heterocycles. The first-order valence-electron chi connectivity index (χ1n) is 8.82. The van der Waals surface area contributed by atoms with Crippen LogP contribution in [0.15, 0.2) is 36.4 Å². The van der Waals surface area contributed by atoms with E-state index < -0.39 is 0 Å². The lowest BCUT2D eigenvalue weighted by molar-refractivity contribution is -0.120. The van der Waals surface area contributed by atoms with Crippen molar-refractivity contribution in [2.75, 3.05) is 16.8 Å². The molecular formula is C21H25ClN2O2. The number of carbonyl (C=O) groups is 2. The first kappa shape index (κ1) is 20.0. The van der Waals surface area contributed by atoms with Gasteiger partial charge in [0.15, 0.2) is 0 Å². The maximum absolute atomic E-state index is 12.7. The highest BCUT2D eigenvalue weighted by atomic mass is 35.5. The molecule has 0 bridgehead atoms. The fraction of sp³-hybridized carbons (Fsp3) is 0.333. The summed E-state index contributed by atoms with van der Waals surface area (Å²) in [5, 5.41) is 3.57. The molecule has 0 fully saturated rings. The van der Waals surface area contributed by atoms with E-state index in [2.05, 4.69) is 19.2 Å². The van der Waals surface area contributed by atoms with Gasteiger partial charge in [0.05, 0.1) is 0 Å². The summed E-state index contributed by atoms with van der Waals surface area (Å²) >= 11 is 6.17. The van der Waals surface area contributed by atoms with Crippen molar-refractivity contribution in [2.24, 2.45) is 0 Å². The molecule has 0 atom stereocenters. The number of amides is 2. The molecule has 0 saturated carbocycles. The zero-order chi connectivity index (χ0) is 19.3. The topological polar surface area (TPSA) is 49.4 Å². The minimum absolute atomic E-state index is 0.0578. The van der Waals surface area contributed by atoms with Crippen LogP contribution in [0.2, 0.25) is 5.02 Å². The fourth-order valence-corrected chi connectivity index (χ4v) is 3.15. The van der Waals surface area contributed by atoms with Gasteiger partial charge in [-0.05, 0) is 48.6 Å². The highest BCUT2D eigenvalue weighted by Gasteiger charge is 2.19. The average molecular weight is 373 g/mol. The molecule has 2 aromatic rings. The SMILES string of the molecule is CCc1cccc(CC)c1NC(=O)CN(C(C)=O)c1cccc(Cl)c1C. The quantitative estimate of drug-likeness (QED) is 0.794. The van der Waals surface area contributed by atoms with E-state index in [0.29, 0.717) is 10.7 Å². The molecule has 4 nitrogen and oxygen atoms in total. The van der Waals surface area contributed by atoms with Crippen molar-refractivity contribution in [3.05, 3.63) is 58.1 Å². The van der Waals surface area contributed by atoms with E-state index in [1.165, 1.54) is 11.8 Å². The molecular weight excluding hydrogens is 348 g/mol. The number of aryl methyl sites for hydroxylation is 2. The zero-order valence-corrected chi connectivity index (χ0v) is 16.5. The summed E-state index contributed by atoms with van der Waals surface area (Å²) in [6.45, 7) is 7.35. The Morgan fingerprint density at radius 2 is 1.62 bits per heavy atom. The lowest BCUT2D eigenvalue weighted by Gasteiger charge is -2.24.